The van der Waals surface area contributed by atoms with Crippen molar-refractivity contribution in [3.8, 4) is 0 Å². The first-order valence-electron chi connectivity index (χ1n) is 11.0. The van der Waals surface area contributed by atoms with E-state index in [-0.39, 0.29) is 11.1 Å². The van der Waals surface area contributed by atoms with Gasteiger partial charge in [0.15, 0.2) is 5.78 Å². The zero-order valence-electron chi connectivity index (χ0n) is 18.5. The van der Waals surface area contributed by atoms with E-state index >= 15 is 0 Å². The number of ketones is 1. The van der Waals surface area contributed by atoms with Crippen molar-refractivity contribution in [2.45, 2.75) is 18.9 Å². The van der Waals surface area contributed by atoms with E-state index in [0.29, 0.717) is 36.6 Å². The fourth-order valence-corrected chi connectivity index (χ4v) is 4.04. The smallest absolute Gasteiger partial charge is 0.239 e. The van der Waals surface area contributed by atoms with E-state index in [2.05, 4.69) is 10.2 Å². The second-order valence-corrected chi connectivity index (χ2v) is 8.33. The van der Waals surface area contributed by atoms with Crippen molar-refractivity contribution < 1.29 is 28.6 Å². The topological polar surface area (TPSA) is 111 Å². The Balaban J connectivity index is 1.85. The van der Waals surface area contributed by atoms with Gasteiger partial charge in [0.25, 0.3) is 0 Å². The van der Waals surface area contributed by atoms with Gasteiger partial charge in [-0.05, 0) is 49.2 Å². The molecule has 8 nitrogen and oxygen atoms in total. The Morgan fingerprint density at radius 2 is 1.85 bits per heavy atom. The van der Waals surface area contributed by atoms with Gasteiger partial charge in [0, 0.05) is 23.7 Å². The number of hydrogen-bond donors (Lipinski definition) is 2. The lowest BCUT2D eigenvalue weighted by Crippen LogP contribution is -2.44. The minimum absolute atomic E-state index is 0.108. The number of morpholine rings is 1. The van der Waals surface area contributed by atoms with E-state index < -0.39 is 36.2 Å². The fraction of sp³-hybridized carbons (Fsp3) is 0.375. The molecule has 2 aromatic rings. The van der Waals surface area contributed by atoms with Crippen LogP contribution in [0.15, 0.2) is 42.5 Å². The van der Waals surface area contributed by atoms with Gasteiger partial charge in [-0.15, -0.1) is 0 Å². The molecule has 0 aliphatic carbocycles. The first-order chi connectivity index (χ1) is 16.3. The van der Waals surface area contributed by atoms with Gasteiger partial charge in [0.2, 0.25) is 5.91 Å². The minimum Gasteiger partial charge on any atom is -0.530 e. The predicted molar refractivity (Wildman–Crippen MR) is 122 cm³/mol. The molecule has 0 spiro atoms. The SMILES string of the molecule is O=C([O-])NCC(=O)NC(CCCN1CCOCC1)c1ccc(Cl)cc1C(=O)c1ccccc1F. The van der Waals surface area contributed by atoms with Crippen molar-refractivity contribution in [1.82, 2.24) is 15.5 Å². The van der Waals surface area contributed by atoms with E-state index in [0.717, 1.165) is 19.6 Å². The van der Waals surface area contributed by atoms with Crippen LogP contribution in [-0.4, -0.2) is 62.1 Å². The molecule has 0 aromatic heterocycles. The molecule has 0 bridgehead atoms. The number of amides is 2. The molecule has 2 N–H and O–H groups in total. The van der Waals surface area contributed by atoms with Crippen molar-refractivity contribution in [2.24, 2.45) is 0 Å². The Kier molecular flexibility index (Phi) is 9.38. The Labute approximate surface area is 202 Å². The van der Waals surface area contributed by atoms with Crippen molar-refractivity contribution in [2.75, 3.05) is 39.4 Å². The highest BCUT2D eigenvalue weighted by Crippen LogP contribution is 2.28. The lowest BCUT2D eigenvalue weighted by Gasteiger charge is -2.28. The van der Waals surface area contributed by atoms with Crippen LogP contribution in [0.5, 0.6) is 0 Å². The third-order valence-corrected chi connectivity index (χ3v) is 5.79. The van der Waals surface area contributed by atoms with Gasteiger partial charge in [0.05, 0.1) is 31.4 Å². The molecule has 0 saturated carbocycles. The number of carbonyl (C=O) groups excluding carboxylic acids is 3. The van der Waals surface area contributed by atoms with Crippen LogP contribution in [-0.2, 0) is 9.53 Å². The van der Waals surface area contributed by atoms with E-state index in [1.807, 2.05) is 5.32 Å². The Morgan fingerprint density at radius 1 is 1.12 bits per heavy atom. The van der Waals surface area contributed by atoms with Gasteiger partial charge in [-0.25, -0.2) is 4.39 Å². The Bertz CT molecular complexity index is 1030. The maximum atomic E-state index is 14.3. The average Bonchev–Trinajstić information content (AvgIpc) is 2.82. The highest BCUT2D eigenvalue weighted by atomic mass is 35.5. The molecular weight excluding hydrogens is 465 g/mol. The third kappa shape index (κ3) is 7.24. The number of hydrogen-bond acceptors (Lipinski definition) is 6. The average molecular weight is 491 g/mol. The number of ether oxygens (including phenoxy) is 1. The Hall–Kier alpha value is -3.01. The molecular formula is C24H26ClFN3O5-. The number of carbonyl (C=O) groups is 3. The highest BCUT2D eigenvalue weighted by Gasteiger charge is 2.24. The van der Waals surface area contributed by atoms with Gasteiger partial charge >= 0.3 is 0 Å². The molecule has 1 atom stereocenters. The summed E-state index contributed by atoms with van der Waals surface area (Å²) in [5.74, 6) is -1.81. The summed E-state index contributed by atoms with van der Waals surface area (Å²) in [6.07, 6.45) is -0.413. The number of nitrogens with one attached hydrogen (secondary N) is 2. The molecule has 10 heteroatoms. The van der Waals surface area contributed by atoms with E-state index in [1.54, 1.807) is 18.2 Å². The van der Waals surface area contributed by atoms with Crippen molar-refractivity contribution in [3.63, 3.8) is 0 Å². The van der Waals surface area contributed by atoms with Gasteiger partial charge in [-0.1, -0.05) is 29.8 Å². The van der Waals surface area contributed by atoms with Crippen LogP contribution in [0.4, 0.5) is 9.18 Å². The monoisotopic (exact) mass is 490 g/mol. The largest absolute Gasteiger partial charge is 0.530 e. The highest BCUT2D eigenvalue weighted by molar-refractivity contribution is 6.31. The standard InChI is InChI=1S/C24H27ClFN3O5/c25-16-7-8-17(19(14-16)23(31)18-4-1-2-5-20(18)26)21(28-22(30)15-27-24(32)33)6-3-9-29-10-12-34-13-11-29/h1-2,4-5,7-8,14,21,27H,3,6,9-13,15H2,(H,28,30)(H,32,33)/p-1. The zero-order chi connectivity index (χ0) is 24.5. The predicted octanol–water partition coefficient (Wildman–Crippen LogP) is 1.91. The number of benzene rings is 2. The number of nitrogens with zero attached hydrogens (tertiary/aromatic N) is 1. The normalized spacial score (nSPS) is 14.9. The number of carboxylic acid groups (broad SMARTS) is 1. The van der Waals surface area contributed by atoms with Crippen molar-refractivity contribution in [1.29, 1.82) is 0 Å². The molecule has 1 saturated heterocycles. The molecule has 1 fully saturated rings. The number of halogens is 2. The summed E-state index contributed by atoms with van der Waals surface area (Å²) in [6.45, 7) is 3.21. The maximum Gasteiger partial charge on any atom is 0.239 e. The summed E-state index contributed by atoms with van der Waals surface area (Å²) in [5.41, 5.74) is 0.534. The summed E-state index contributed by atoms with van der Waals surface area (Å²) in [7, 11) is 0. The Morgan fingerprint density at radius 3 is 2.56 bits per heavy atom. The van der Waals surface area contributed by atoms with Crippen LogP contribution in [0.2, 0.25) is 5.02 Å². The number of rotatable bonds is 10. The fourth-order valence-electron chi connectivity index (χ4n) is 3.87. The summed E-state index contributed by atoms with van der Waals surface area (Å²) in [4.78, 5) is 38.5. The summed E-state index contributed by atoms with van der Waals surface area (Å²) < 4.78 is 19.7. The van der Waals surface area contributed by atoms with Crippen LogP contribution in [0.1, 0.15) is 40.4 Å². The molecule has 1 unspecified atom stereocenters. The van der Waals surface area contributed by atoms with E-state index in [1.165, 1.54) is 24.3 Å². The van der Waals surface area contributed by atoms with Gasteiger partial charge < -0.3 is 25.3 Å². The first-order valence-corrected chi connectivity index (χ1v) is 11.4. The first kappa shape index (κ1) is 25.6. The van der Waals surface area contributed by atoms with E-state index in [4.69, 9.17) is 16.3 Å². The molecule has 2 aromatic carbocycles. The van der Waals surface area contributed by atoms with Gasteiger partial charge in [-0.3, -0.25) is 14.5 Å². The molecule has 1 heterocycles. The quantitative estimate of drug-likeness (QED) is 0.492. The van der Waals surface area contributed by atoms with Crippen LogP contribution >= 0.6 is 11.6 Å². The molecule has 34 heavy (non-hydrogen) atoms. The second-order valence-electron chi connectivity index (χ2n) is 7.90. The minimum atomic E-state index is -1.57. The molecule has 1 aliphatic heterocycles. The summed E-state index contributed by atoms with van der Waals surface area (Å²) in [6, 6.07) is 9.69. The van der Waals surface area contributed by atoms with E-state index in [9.17, 15) is 23.9 Å². The zero-order valence-corrected chi connectivity index (χ0v) is 19.3. The van der Waals surface area contributed by atoms with Gasteiger partial charge in [-0.2, -0.15) is 0 Å². The molecule has 2 amide bonds. The maximum absolute atomic E-state index is 14.3. The molecule has 0 radical (unpaired) electrons. The molecule has 182 valence electrons. The lowest BCUT2D eigenvalue weighted by molar-refractivity contribution is -0.250. The lowest BCUT2D eigenvalue weighted by atomic mass is 9.91. The molecule has 1 aliphatic rings. The summed E-state index contributed by atoms with van der Waals surface area (Å²) in [5, 5.41) is 15.7. The molecule has 3 rings (SSSR count). The second kappa shape index (κ2) is 12.5. The summed E-state index contributed by atoms with van der Waals surface area (Å²) >= 11 is 6.16. The van der Waals surface area contributed by atoms with Crippen LogP contribution in [0.3, 0.4) is 0 Å². The third-order valence-electron chi connectivity index (χ3n) is 5.55. The van der Waals surface area contributed by atoms with Crippen molar-refractivity contribution >= 4 is 29.4 Å². The van der Waals surface area contributed by atoms with Crippen molar-refractivity contribution in [3.05, 3.63) is 70.0 Å². The van der Waals surface area contributed by atoms with Crippen LogP contribution < -0.4 is 15.7 Å². The van der Waals surface area contributed by atoms with Crippen LogP contribution in [0.25, 0.3) is 0 Å². The van der Waals surface area contributed by atoms with Crippen LogP contribution in [0, 0.1) is 5.82 Å². The van der Waals surface area contributed by atoms with Gasteiger partial charge in [0.1, 0.15) is 11.9 Å².